The average Bonchev–Trinajstić information content (AvgIpc) is 2.78. The van der Waals surface area contributed by atoms with Crippen LogP contribution in [0.5, 0.6) is 0 Å². The molecular weight excluding hydrogens is 417 g/mol. The van der Waals surface area contributed by atoms with Gasteiger partial charge in [0.1, 0.15) is 11.7 Å². The van der Waals surface area contributed by atoms with Crippen LogP contribution in [-0.4, -0.2) is 35.8 Å². The minimum absolute atomic E-state index is 0.277. The molecule has 0 aromatic heterocycles. The third-order valence-corrected chi connectivity index (χ3v) is 6.42. The first kappa shape index (κ1) is 21.4. The average molecular weight is 442 g/mol. The molecule has 5 heteroatoms. The van der Waals surface area contributed by atoms with Crippen LogP contribution < -0.4 is 0 Å². The van der Waals surface area contributed by atoms with Crippen LogP contribution in [-0.2, 0) is 23.3 Å². The molecule has 30 heavy (non-hydrogen) atoms. The van der Waals surface area contributed by atoms with E-state index in [1.807, 2.05) is 54.6 Å². The van der Waals surface area contributed by atoms with Crippen LogP contribution in [0.15, 0.2) is 78.9 Å². The Kier molecular flexibility index (Phi) is 6.77. The Balaban J connectivity index is 1.64. The van der Waals surface area contributed by atoms with E-state index in [9.17, 15) is 5.11 Å². The zero-order valence-electron chi connectivity index (χ0n) is 16.7. The quantitative estimate of drug-likeness (QED) is 0.561. The van der Waals surface area contributed by atoms with Gasteiger partial charge in [0.25, 0.3) is 0 Å². The number of benzene rings is 3. The number of hydrogen-bond acceptors (Lipinski definition) is 3. The summed E-state index contributed by atoms with van der Waals surface area (Å²) in [6, 6.07) is 25.5. The van der Waals surface area contributed by atoms with E-state index < -0.39 is 11.7 Å². The highest BCUT2D eigenvalue weighted by molar-refractivity contribution is 6.36. The minimum atomic E-state index is -1.26. The summed E-state index contributed by atoms with van der Waals surface area (Å²) in [6.45, 7) is 2.81. The zero-order chi connectivity index (χ0) is 21.0. The van der Waals surface area contributed by atoms with E-state index in [-0.39, 0.29) is 6.42 Å². The zero-order valence-corrected chi connectivity index (χ0v) is 18.2. The Labute approximate surface area is 187 Å². The van der Waals surface area contributed by atoms with Gasteiger partial charge in [-0.15, -0.1) is 0 Å². The minimum Gasteiger partial charge on any atom is -0.382 e. The number of nitrogens with zero attached hydrogens (tertiary/aromatic N) is 1. The first-order valence-corrected chi connectivity index (χ1v) is 10.9. The number of halogens is 2. The molecule has 1 aliphatic rings. The fourth-order valence-corrected chi connectivity index (χ4v) is 4.61. The summed E-state index contributed by atoms with van der Waals surface area (Å²) in [4.78, 5) is 2.33. The Hall–Kier alpha value is -1.88. The van der Waals surface area contributed by atoms with Gasteiger partial charge >= 0.3 is 0 Å². The third-order valence-electron chi connectivity index (χ3n) is 5.71. The van der Waals surface area contributed by atoms with Crippen molar-refractivity contribution in [1.82, 2.24) is 4.90 Å². The van der Waals surface area contributed by atoms with Gasteiger partial charge in [-0.2, -0.15) is 0 Å². The number of rotatable bonds is 6. The predicted octanol–water partition coefficient (Wildman–Crippen LogP) is 5.32. The molecule has 1 N–H and O–H groups in total. The maximum Gasteiger partial charge on any atom is 0.121 e. The largest absolute Gasteiger partial charge is 0.382 e. The van der Waals surface area contributed by atoms with Crippen LogP contribution in [0.25, 0.3) is 0 Å². The normalized spacial score (nSPS) is 19.4. The summed E-state index contributed by atoms with van der Waals surface area (Å²) in [6.07, 6.45) is -0.135. The fourth-order valence-electron chi connectivity index (χ4n) is 4.08. The van der Waals surface area contributed by atoms with Crippen molar-refractivity contribution in [2.45, 2.75) is 24.7 Å². The third kappa shape index (κ3) is 4.72. The molecule has 0 radical (unpaired) electrons. The molecule has 3 aromatic carbocycles. The summed E-state index contributed by atoms with van der Waals surface area (Å²) < 4.78 is 6.14. The van der Waals surface area contributed by atoms with Gasteiger partial charge in [-0.1, -0.05) is 89.9 Å². The summed E-state index contributed by atoms with van der Waals surface area (Å²) in [5.74, 6) is 0. The number of aliphatic hydroxyl groups is 1. The lowest BCUT2D eigenvalue weighted by atomic mass is 9.81. The van der Waals surface area contributed by atoms with Gasteiger partial charge in [-0.05, 0) is 28.8 Å². The maximum atomic E-state index is 12.0. The molecule has 0 spiro atoms. The Morgan fingerprint density at radius 1 is 0.900 bits per heavy atom. The van der Waals surface area contributed by atoms with Crippen molar-refractivity contribution in [2.24, 2.45) is 0 Å². The molecule has 156 valence electrons. The van der Waals surface area contributed by atoms with Crippen molar-refractivity contribution in [1.29, 1.82) is 0 Å². The molecule has 0 aliphatic carbocycles. The van der Waals surface area contributed by atoms with Crippen LogP contribution >= 0.6 is 23.2 Å². The van der Waals surface area contributed by atoms with E-state index in [2.05, 4.69) is 17.0 Å². The molecule has 2 atom stereocenters. The van der Waals surface area contributed by atoms with Gasteiger partial charge in [0, 0.05) is 36.1 Å². The van der Waals surface area contributed by atoms with E-state index in [0.29, 0.717) is 23.2 Å². The molecule has 0 saturated carbocycles. The first-order valence-electron chi connectivity index (χ1n) is 10.1. The molecule has 1 aliphatic heterocycles. The fraction of sp³-hybridized carbons (Fsp3) is 0.280. The summed E-state index contributed by atoms with van der Waals surface area (Å²) in [5.41, 5.74) is 1.52. The number of ether oxygens (including phenoxy) is 1. The van der Waals surface area contributed by atoms with Crippen LogP contribution in [0, 0.1) is 0 Å². The molecule has 1 saturated heterocycles. The van der Waals surface area contributed by atoms with E-state index >= 15 is 0 Å². The summed E-state index contributed by atoms with van der Waals surface area (Å²) in [7, 11) is 0. The summed E-state index contributed by atoms with van der Waals surface area (Å²) >= 11 is 12.9. The highest BCUT2D eigenvalue weighted by Crippen LogP contribution is 2.37. The van der Waals surface area contributed by atoms with Crippen molar-refractivity contribution in [3.63, 3.8) is 0 Å². The standard InChI is InChI=1S/C25H25Cl2NO2/c26-22-12-7-13-23(27)21(22)16-25(29,20-10-5-2-6-11-20)24-18-28(14-15-30-24)17-19-8-3-1-4-9-19/h1-13,24,29H,14-18H2. The second-order valence-corrected chi connectivity index (χ2v) is 8.56. The van der Waals surface area contributed by atoms with Gasteiger partial charge in [-0.25, -0.2) is 0 Å². The molecule has 0 bridgehead atoms. The highest BCUT2D eigenvalue weighted by atomic mass is 35.5. The smallest absolute Gasteiger partial charge is 0.121 e. The van der Waals surface area contributed by atoms with Gasteiger partial charge in [0.15, 0.2) is 0 Å². The van der Waals surface area contributed by atoms with E-state index in [4.69, 9.17) is 27.9 Å². The van der Waals surface area contributed by atoms with Gasteiger partial charge in [0.05, 0.1) is 6.61 Å². The monoisotopic (exact) mass is 441 g/mol. The highest BCUT2D eigenvalue weighted by Gasteiger charge is 2.42. The molecule has 0 amide bonds. The molecule has 2 unspecified atom stereocenters. The molecule has 1 heterocycles. The van der Waals surface area contributed by atoms with Gasteiger partial charge < -0.3 is 9.84 Å². The molecule has 4 rings (SSSR count). The Morgan fingerprint density at radius 3 is 2.20 bits per heavy atom. The first-order chi connectivity index (χ1) is 14.6. The van der Waals surface area contributed by atoms with Crippen molar-refractivity contribution >= 4 is 23.2 Å². The maximum absolute atomic E-state index is 12.0. The lowest BCUT2D eigenvalue weighted by molar-refractivity contribution is -0.149. The second kappa shape index (κ2) is 9.51. The topological polar surface area (TPSA) is 32.7 Å². The van der Waals surface area contributed by atoms with Gasteiger partial charge in [0.2, 0.25) is 0 Å². The van der Waals surface area contributed by atoms with Gasteiger partial charge in [-0.3, -0.25) is 4.90 Å². The van der Waals surface area contributed by atoms with Crippen LogP contribution in [0.1, 0.15) is 16.7 Å². The predicted molar refractivity (Wildman–Crippen MR) is 122 cm³/mol. The SMILES string of the molecule is OC(Cc1c(Cl)cccc1Cl)(c1ccccc1)C1CN(Cc2ccccc2)CCO1. The lowest BCUT2D eigenvalue weighted by Gasteiger charge is -2.42. The summed E-state index contributed by atoms with van der Waals surface area (Å²) in [5, 5.41) is 13.1. The Bertz CT molecular complexity index is 947. The Morgan fingerprint density at radius 2 is 1.53 bits per heavy atom. The lowest BCUT2D eigenvalue weighted by Crippen LogP contribution is -2.53. The van der Waals surface area contributed by atoms with Crippen LogP contribution in [0.3, 0.4) is 0 Å². The van der Waals surface area contributed by atoms with Crippen LogP contribution in [0.4, 0.5) is 0 Å². The van der Waals surface area contributed by atoms with E-state index in [1.54, 1.807) is 12.1 Å². The van der Waals surface area contributed by atoms with Crippen molar-refractivity contribution in [2.75, 3.05) is 19.7 Å². The number of hydrogen-bond donors (Lipinski definition) is 1. The van der Waals surface area contributed by atoms with Crippen molar-refractivity contribution in [3.8, 4) is 0 Å². The van der Waals surface area contributed by atoms with Crippen molar-refractivity contribution in [3.05, 3.63) is 106 Å². The molecule has 3 nitrogen and oxygen atoms in total. The van der Waals surface area contributed by atoms with E-state index in [1.165, 1.54) is 5.56 Å². The molecular formula is C25H25Cl2NO2. The second-order valence-electron chi connectivity index (χ2n) is 7.75. The molecule has 1 fully saturated rings. The van der Waals surface area contributed by atoms with Crippen molar-refractivity contribution < 1.29 is 9.84 Å². The van der Waals surface area contributed by atoms with Crippen LogP contribution in [0.2, 0.25) is 10.0 Å². The van der Waals surface area contributed by atoms with E-state index in [0.717, 1.165) is 24.2 Å². The molecule has 3 aromatic rings. The number of morpholine rings is 1.